The summed E-state index contributed by atoms with van der Waals surface area (Å²) in [6, 6.07) is 0. The van der Waals surface area contributed by atoms with Crippen molar-refractivity contribution in [2.24, 2.45) is 0 Å². The molecule has 0 heterocycles. The summed E-state index contributed by atoms with van der Waals surface area (Å²) in [6.45, 7) is 2.27. The number of hydrogen-bond acceptors (Lipinski definition) is 2. The van der Waals surface area contributed by atoms with Crippen LogP contribution in [0.1, 0.15) is 135 Å². The first-order valence-corrected chi connectivity index (χ1v) is 18.6. The van der Waals surface area contributed by atoms with Crippen LogP contribution in [0.15, 0.2) is 0 Å². The molecular weight excluding hydrogens is 516 g/mol. The third kappa shape index (κ3) is 7.65. The fraction of sp³-hybridized carbons (Fsp3) is 0.964. The molecule has 0 atom stereocenters. The summed E-state index contributed by atoms with van der Waals surface area (Å²) < 4.78 is 29.7. The summed E-state index contributed by atoms with van der Waals surface area (Å²) >= 11 is 0. The Balaban J connectivity index is 0.00000306. The summed E-state index contributed by atoms with van der Waals surface area (Å²) in [4.78, 5) is 0. The Morgan fingerprint density at radius 3 is 0.909 bits per heavy atom. The molecule has 0 spiro atoms. The molecule has 186 valence electrons. The van der Waals surface area contributed by atoms with Crippen molar-refractivity contribution < 1.29 is 67.3 Å². The second-order valence-electron chi connectivity index (χ2n) is 12.1. The van der Waals surface area contributed by atoms with Crippen LogP contribution in [0.5, 0.6) is 0 Å². The third-order valence-electron chi connectivity index (χ3n) is 9.81. The zero-order chi connectivity index (χ0) is 22.4. The van der Waals surface area contributed by atoms with E-state index in [0.29, 0.717) is 22.6 Å². The van der Waals surface area contributed by atoms with Crippen LogP contribution in [0.3, 0.4) is 0 Å². The van der Waals surface area contributed by atoms with Gasteiger partial charge in [-0.1, -0.05) is 77.0 Å². The van der Waals surface area contributed by atoms with Crippen LogP contribution >= 0.6 is 14.3 Å². The smallest absolute Gasteiger partial charge is 0.326 e. The van der Waals surface area contributed by atoms with Gasteiger partial charge in [0.15, 0.2) is 0 Å². The van der Waals surface area contributed by atoms with E-state index in [1.165, 1.54) is 134 Å². The summed E-state index contributed by atoms with van der Waals surface area (Å²) in [5, 5.41) is 0. The van der Waals surface area contributed by atoms with Gasteiger partial charge in [0.25, 0.3) is 0 Å². The van der Waals surface area contributed by atoms with Crippen LogP contribution in [-0.4, -0.2) is 35.0 Å². The maximum absolute atomic E-state index is 14.9. The standard InChI is InChI=1S/C28H51O2P2.Rb/c1-24(22-31(29,25-14-6-2-7-15-25)26-16-8-3-9-17-26)23-32(30,27-18-10-4-11-19-27)28-20-12-5-13-21-28;/h25-28H,2-23H2,1H3;/q-1;+1. The fourth-order valence-corrected chi connectivity index (χ4v) is 17.3. The quantitative estimate of drug-likeness (QED) is 0.244. The van der Waals surface area contributed by atoms with Gasteiger partial charge in [-0.05, 0) is 51.4 Å². The van der Waals surface area contributed by atoms with Gasteiger partial charge in [0, 0.05) is 22.6 Å². The van der Waals surface area contributed by atoms with Gasteiger partial charge in [0.2, 0.25) is 0 Å². The second kappa shape index (κ2) is 14.4. The van der Waals surface area contributed by atoms with Gasteiger partial charge in [-0.3, -0.25) is 0 Å². The van der Waals surface area contributed by atoms with E-state index in [1.807, 2.05) is 0 Å². The molecule has 0 amide bonds. The minimum absolute atomic E-state index is 0. The first kappa shape index (κ1) is 29.8. The molecule has 0 aromatic heterocycles. The second-order valence-corrected chi connectivity index (χ2v) is 19.1. The summed E-state index contributed by atoms with van der Waals surface area (Å²) in [5.74, 6) is 1.38. The van der Waals surface area contributed by atoms with Gasteiger partial charge in [-0.2, -0.15) is 6.92 Å². The zero-order valence-corrected chi connectivity index (χ0v) is 28.8. The van der Waals surface area contributed by atoms with E-state index >= 15 is 0 Å². The first-order valence-electron chi connectivity index (χ1n) is 14.5. The minimum Gasteiger partial charge on any atom is -0.326 e. The Labute approximate surface area is 254 Å². The first-order chi connectivity index (χ1) is 15.5. The third-order valence-corrected chi connectivity index (χ3v) is 18.9. The minimum atomic E-state index is -2.25. The Bertz CT molecular complexity index is 557. The molecule has 0 saturated heterocycles. The molecule has 5 heteroatoms. The summed E-state index contributed by atoms with van der Waals surface area (Å²) in [5.41, 5.74) is 1.88. The van der Waals surface area contributed by atoms with Crippen molar-refractivity contribution in [2.75, 3.05) is 12.3 Å². The summed E-state index contributed by atoms with van der Waals surface area (Å²) in [6.07, 6.45) is 26.9. The van der Waals surface area contributed by atoms with Crippen LogP contribution < -0.4 is 58.2 Å². The van der Waals surface area contributed by atoms with E-state index in [4.69, 9.17) is 0 Å². The molecule has 4 aliphatic rings. The Morgan fingerprint density at radius 2 is 0.697 bits per heavy atom. The van der Waals surface area contributed by atoms with E-state index in [1.54, 1.807) is 0 Å². The SMILES string of the molecule is C[C-](CP(=O)(C1CCCCC1)C1CCCCC1)CP(=O)(C1CCCCC1)C1CCCCC1.[Rb+]. The molecule has 0 aromatic carbocycles. The van der Waals surface area contributed by atoms with Gasteiger partial charge in [0.05, 0.1) is 14.3 Å². The van der Waals surface area contributed by atoms with Crippen LogP contribution in [0.25, 0.3) is 0 Å². The van der Waals surface area contributed by atoms with E-state index < -0.39 is 14.3 Å². The van der Waals surface area contributed by atoms with E-state index in [0.717, 1.165) is 12.3 Å². The van der Waals surface area contributed by atoms with Crippen molar-refractivity contribution in [2.45, 2.75) is 158 Å². The largest absolute Gasteiger partial charge is 1.00 e. The molecule has 2 nitrogen and oxygen atoms in total. The molecule has 4 saturated carbocycles. The molecular formula is C28H51O2P2Rb. The van der Waals surface area contributed by atoms with Crippen molar-refractivity contribution >= 4 is 14.3 Å². The van der Waals surface area contributed by atoms with Crippen molar-refractivity contribution in [1.82, 2.24) is 0 Å². The van der Waals surface area contributed by atoms with Gasteiger partial charge in [0.1, 0.15) is 0 Å². The monoisotopic (exact) mass is 566 g/mol. The number of rotatable bonds is 8. The molecule has 0 bridgehead atoms. The van der Waals surface area contributed by atoms with Gasteiger partial charge < -0.3 is 15.0 Å². The predicted octanol–water partition coefficient (Wildman–Crippen LogP) is 6.64. The Hall–Kier alpha value is 2.27. The van der Waals surface area contributed by atoms with Gasteiger partial charge in [-0.15, -0.1) is 12.3 Å². The molecule has 0 N–H and O–H groups in total. The molecule has 0 aliphatic heterocycles. The Morgan fingerprint density at radius 1 is 0.485 bits per heavy atom. The van der Waals surface area contributed by atoms with Crippen molar-refractivity contribution in [3.8, 4) is 0 Å². The van der Waals surface area contributed by atoms with E-state index in [9.17, 15) is 9.13 Å². The normalized spacial score (nSPS) is 25.8. The van der Waals surface area contributed by atoms with Crippen LogP contribution in [0.2, 0.25) is 0 Å². The maximum Gasteiger partial charge on any atom is 1.00 e. The molecule has 4 rings (SSSR count). The predicted molar refractivity (Wildman–Crippen MR) is 141 cm³/mol. The topological polar surface area (TPSA) is 34.1 Å². The Kier molecular flexibility index (Phi) is 13.0. The molecule has 4 fully saturated rings. The molecule has 0 aromatic rings. The van der Waals surface area contributed by atoms with Gasteiger partial charge >= 0.3 is 58.2 Å². The van der Waals surface area contributed by atoms with Crippen molar-refractivity contribution in [1.29, 1.82) is 0 Å². The molecule has 33 heavy (non-hydrogen) atoms. The molecule has 0 radical (unpaired) electrons. The average Bonchev–Trinajstić information content (AvgIpc) is 2.86. The zero-order valence-electron chi connectivity index (χ0n) is 22.1. The van der Waals surface area contributed by atoms with E-state index in [2.05, 4.69) is 6.92 Å². The van der Waals surface area contributed by atoms with Crippen LogP contribution in [0.4, 0.5) is 0 Å². The molecule has 4 aliphatic carbocycles. The summed E-state index contributed by atoms with van der Waals surface area (Å²) in [7, 11) is -4.50. The van der Waals surface area contributed by atoms with Crippen LogP contribution in [0, 0.1) is 5.92 Å². The van der Waals surface area contributed by atoms with Crippen LogP contribution in [-0.2, 0) is 9.13 Å². The van der Waals surface area contributed by atoms with Gasteiger partial charge in [-0.25, -0.2) is 0 Å². The van der Waals surface area contributed by atoms with Crippen molar-refractivity contribution in [3.63, 3.8) is 0 Å². The fourth-order valence-electron chi connectivity index (χ4n) is 8.08. The van der Waals surface area contributed by atoms with Crippen molar-refractivity contribution in [3.05, 3.63) is 5.92 Å². The molecule has 0 unspecified atom stereocenters. The maximum atomic E-state index is 14.9. The average molecular weight is 567 g/mol. The number of hydrogen-bond donors (Lipinski definition) is 0. The van der Waals surface area contributed by atoms with E-state index in [-0.39, 0.29) is 58.2 Å².